The van der Waals surface area contributed by atoms with Crippen molar-refractivity contribution in [3.05, 3.63) is 70.8 Å². The van der Waals surface area contributed by atoms with E-state index in [1.54, 1.807) is 12.1 Å². The molecule has 1 unspecified atom stereocenters. The highest BCUT2D eigenvalue weighted by molar-refractivity contribution is 6.05. The molecule has 2 aromatic carbocycles. The third-order valence-corrected chi connectivity index (χ3v) is 3.32. The Balaban J connectivity index is 2.02. The van der Waals surface area contributed by atoms with E-state index in [9.17, 15) is 13.6 Å². The van der Waals surface area contributed by atoms with E-state index in [-0.39, 0.29) is 17.4 Å². The summed E-state index contributed by atoms with van der Waals surface area (Å²) in [5.41, 5.74) is 1.90. The van der Waals surface area contributed by atoms with Gasteiger partial charge in [0, 0.05) is 5.56 Å². The lowest BCUT2D eigenvalue weighted by Crippen LogP contribution is -2.07. The van der Waals surface area contributed by atoms with E-state index >= 15 is 0 Å². The first-order valence-corrected chi connectivity index (χ1v) is 5.73. The maximum Gasteiger partial charge on any atom is 0.170 e. The van der Waals surface area contributed by atoms with E-state index in [0.29, 0.717) is 23.1 Å². The molecule has 1 atom stereocenters. The number of ketones is 1. The lowest BCUT2D eigenvalue weighted by molar-refractivity contribution is 0.0973. The predicted molar refractivity (Wildman–Crippen MR) is 63.6 cm³/mol. The fourth-order valence-corrected chi connectivity index (χ4v) is 2.46. The van der Waals surface area contributed by atoms with Crippen molar-refractivity contribution in [2.45, 2.75) is 12.3 Å². The Morgan fingerprint density at radius 1 is 1.00 bits per heavy atom. The third-order valence-electron chi connectivity index (χ3n) is 3.32. The van der Waals surface area contributed by atoms with E-state index < -0.39 is 5.92 Å². The Morgan fingerprint density at radius 3 is 2.56 bits per heavy atom. The zero-order valence-electron chi connectivity index (χ0n) is 9.49. The average Bonchev–Trinajstić information content (AvgIpc) is 2.66. The number of benzene rings is 2. The average molecular weight is 244 g/mol. The van der Waals surface area contributed by atoms with Crippen LogP contribution in [0.3, 0.4) is 0 Å². The summed E-state index contributed by atoms with van der Waals surface area (Å²) < 4.78 is 26.3. The zero-order chi connectivity index (χ0) is 12.7. The highest BCUT2D eigenvalue weighted by Gasteiger charge is 2.31. The number of rotatable bonds is 1. The first kappa shape index (κ1) is 11.1. The summed E-state index contributed by atoms with van der Waals surface area (Å²) in [5.74, 6) is -1.16. The zero-order valence-corrected chi connectivity index (χ0v) is 9.49. The molecule has 2 aromatic rings. The van der Waals surface area contributed by atoms with Crippen LogP contribution in [0.15, 0.2) is 42.5 Å². The van der Waals surface area contributed by atoms with Crippen LogP contribution in [-0.4, -0.2) is 5.78 Å². The molecule has 3 heteroatoms. The molecule has 0 radical (unpaired) electrons. The standard InChI is InChI=1S/C15H10F2O/c16-11-3-1-2-9(6-11)14-8-10-7-12(17)4-5-13(10)15(14)18/h1-7,14H,8H2. The maximum absolute atomic E-state index is 13.2. The fourth-order valence-electron chi connectivity index (χ4n) is 2.46. The summed E-state index contributed by atoms with van der Waals surface area (Å²) >= 11 is 0. The Morgan fingerprint density at radius 2 is 1.78 bits per heavy atom. The van der Waals surface area contributed by atoms with Crippen LogP contribution < -0.4 is 0 Å². The van der Waals surface area contributed by atoms with Crippen LogP contribution >= 0.6 is 0 Å². The largest absolute Gasteiger partial charge is 0.293 e. The molecule has 18 heavy (non-hydrogen) atoms. The van der Waals surface area contributed by atoms with Gasteiger partial charge < -0.3 is 0 Å². The van der Waals surface area contributed by atoms with E-state index in [2.05, 4.69) is 0 Å². The van der Waals surface area contributed by atoms with Gasteiger partial charge in [0.1, 0.15) is 11.6 Å². The second-order valence-corrected chi connectivity index (χ2v) is 4.48. The number of hydrogen-bond donors (Lipinski definition) is 0. The number of halogens is 2. The molecule has 0 amide bonds. The molecule has 1 aliphatic rings. The van der Waals surface area contributed by atoms with Gasteiger partial charge >= 0.3 is 0 Å². The van der Waals surface area contributed by atoms with Gasteiger partial charge in [-0.05, 0) is 47.9 Å². The van der Waals surface area contributed by atoms with Gasteiger partial charge in [-0.3, -0.25) is 4.79 Å². The van der Waals surface area contributed by atoms with Crippen molar-refractivity contribution in [1.29, 1.82) is 0 Å². The van der Waals surface area contributed by atoms with Crippen molar-refractivity contribution in [1.82, 2.24) is 0 Å². The Hall–Kier alpha value is -2.03. The molecular formula is C15H10F2O. The summed E-state index contributed by atoms with van der Waals surface area (Å²) in [6, 6.07) is 10.2. The van der Waals surface area contributed by atoms with Crippen molar-refractivity contribution in [3.63, 3.8) is 0 Å². The number of hydrogen-bond acceptors (Lipinski definition) is 1. The molecule has 0 fully saturated rings. The van der Waals surface area contributed by atoms with Crippen LogP contribution in [-0.2, 0) is 6.42 Å². The van der Waals surface area contributed by atoms with Crippen molar-refractivity contribution in [2.75, 3.05) is 0 Å². The fraction of sp³-hybridized carbons (Fsp3) is 0.133. The minimum absolute atomic E-state index is 0.0596. The SMILES string of the molecule is O=C1c2ccc(F)cc2CC1c1cccc(F)c1. The Kier molecular flexibility index (Phi) is 2.47. The van der Waals surface area contributed by atoms with E-state index in [4.69, 9.17) is 0 Å². The molecule has 0 bridgehead atoms. The lowest BCUT2D eigenvalue weighted by Gasteiger charge is -2.07. The summed E-state index contributed by atoms with van der Waals surface area (Å²) in [5, 5.41) is 0. The molecule has 3 rings (SSSR count). The Labute approximate surface area is 103 Å². The molecule has 0 spiro atoms. The smallest absolute Gasteiger partial charge is 0.170 e. The van der Waals surface area contributed by atoms with E-state index in [1.807, 2.05) is 0 Å². The van der Waals surface area contributed by atoms with Crippen LogP contribution in [0.1, 0.15) is 27.4 Å². The summed E-state index contributed by atoms with van der Waals surface area (Å²) in [6.45, 7) is 0. The summed E-state index contributed by atoms with van der Waals surface area (Å²) in [7, 11) is 0. The number of Topliss-reactive ketones (excluding diaryl/α,β-unsaturated/α-hetero) is 1. The second-order valence-electron chi connectivity index (χ2n) is 4.48. The van der Waals surface area contributed by atoms with Crippen LogP contribution in [0.4, 0.5) is 8.78 Å². The van der Waals surface area contributed by atoms with Crippen molar-refractivity contribution < 1.29 is 13.6 Å². The van der Waals surface area contributed by atoms with Crippen LogP contribution in [0.2, 0.25) is 0 Å². The lowest BCUT2D eigenvalue weighted by atomic mass is 9.95. The van der Waals surface area contributed by atoms with Gasteiger partial charge in [-0.15, -0.1) is 0 Å². The molecule has 1 nitrogen and oxygen atoms in total. The highest BCUT2D eigenvalue weighted by atomic mass is 19.1. The van der Waals surface area contributed by atoms with Crippen molar-refractivity contribution >= 4 is 5.78 Å². The normalized spacial score (nSPS) is 17.9. The molecule has 0 N–H and O–H groups in total. The van der Waals surface area contributed by atoms with Crippen molar-refractivity contribution in [2.24, 2.45) is 0 Å². The molecule has 90 valence electrons. The van der Waals surface area contributed by atoms with Crippen LogP contribution in [0.25, 0.3) is 0 Å². The van der Waals surface area contributed by atoms with Crippen LogP contribution in [0, 0.1) is 11.6 Å². The highest BCUT2D eigenvalue weighted by Crippen LogP contribution is 2.34. The molecular weight excluding hydrogens is 234 g/mol. The van der Waals surface area contributed by atoms with Gasteiger partial charge in [-0.2, -0.15) is 0 Å². The predicted octanol–water partition coefficient (Wildman–Crippen LogP) is 3.49. The minimum Gasteiger partial charge on any atom is -0.293 e. The van der Waals surface area contributed by atoms with Gasteiger partial charge in [0.05, 0.1) is 5.92 Å². The number of carbonyl (C=O) groups is 1. The molecule has 0 saturated carbocycles. The van der Waals surface area contributed by atoms with Gasteiger partial charge in [0.2, 0.25) is 0 Å². The number of fused-ring (bicyclic) bond motifs is 1. The van der Waals surface area contributed by atoms with Gasteiger partial charge in [0.15, 0.2) is 5.78 Å². The van der Waals surface area contributed by atoms with Gasteiger partial charge in [-0.1, -0.05) is 12.1 Å². The molecule has 0 aromatic heterocycles. The maximum atomic E-state index is 13.2. The minimum atomic E-state index is -0.391. The second kappa shape index (κ2) is 4.02. The van der Waals surface area contributed by atoms with E-state index in [0.717, 1.165) is 0 Å². The Bertz CT molecular complexity index is 634. The van der Waals surface area contributed by atoms with Crippen LogP contribution in [0.5, 0.6) is 0 Å². The molecule has 0 saturated heterocycles. The molecule has 1 aliphatic carbocycles. The summed E-state index contributed by atoms with van der Waals surface area (Å²) in [6.07, 6.45) is 0.440. The monoisotopic (exact) mass is 244 g/mol. The summed E-state index contributed by atoms with van der Waals surface area (Å²) in [4.78, 5) is 12.2. The number of carbonyl (C=O) groups excluding carboxylic acids is 1. The molecule has 0 heterocycles. The first-order chi connectivity index (χ1) is 8.65. The third kappa shape index (κ3) is 1.72. The quantitative estimate of drug-likeness (QED) is 0.750. The molecule has 0 aliphatic heterocycles. The van der Waals surface area contributed by atoms with Crippen molar-refractivity contribution in [3.8, 4) is 0 Å². The van der Waals surface area contributed by atoms with Gasteiger partial charge in [0.25, 0.3) is 0 Å². The van der Waals surface area contributed by atoms with E-state index in [1.165, 1.54) is 30.3 Å². The first-order valence-electron chi connectivity index (χ1n) is 5.73. The van der Waals surface area contributed by atoms with Gasteiger partial charge in [-0.25, -0.2) is 8.78 Å². The topological polar surface area (TPSA) is 17.1 Å².